The highest BCUT2D eigenvalue weighted by atomic mass is 32.1. The van der Waals surface area contributed by atoms with Crippen molar-refractivity contribution in [2.45, 2.75) is 26.3 Å². The molecule has 1 aliphatic rings. The van der Waals surface area contributed by atoms with Gasteiger partial charge in [0.05, 0.1) is 18.5 Å². The summed E-state index contributed by atoms with van der Waals surface area (Å²) in [4.78, 5) is 19.6. The highest BCUT2D eigenvalue weighted by Gasteiger charge is 2.18. The summed E-state index contributed by atoms with van der Waals surface area (Å²) in [5.41, 5.74) is 2.21. The van der Waals surface area contributed by atoms with Crippen LogP contribution in [0.2, 0.25) is 0 Å². The number of nitrogens with zero attached hydrogens (tertiary/aromatic N) is 4. The minimum absolute atomic E-state index is 0.259. The molecule has 7 nitrogen and oxygen atoms in total. The summed E-state index contributed by atoms with van der Waals surface area (Å²) in [5, 5.41) is 9.86. The molecule has 3 aromatic rings. The van der Waals surface area contributed by atoms with E-state index in [2.05, 4.69) is 27.2 Å². The number of rotatable bonds is 6. The van der Waals surface area contributed by atoms with Crippen LogP contribution in [0.4, 0.5) is 5.13 Å². The van der Waals surface area contributed by atoms with E-state index in [9.17, 15) is 4.79 Å². The molecule has 1 aliphatic heterocycles. The van der Waals surface area contributed by atoms with Gasteiger partial charge in [0.2, 0.25) is 0 Å². The third-order valence-corrected chi connectivity index (χ3v) is 5.86. The number of nitrogens with one attached hydrogen (secondary N) is 1. The van der Waals surface area contributed by atoms with Crippen molar-refractivity contribution in [2.75, 3.05) is 25.5 Å². The first-order valence-corrected chi connectivity index (χ1v) is 10.7. The Morgan fingerprint density at radius 3 is 2.90 bits per heavy atom. The van der Waals surface area contributed by atoms with Crippen LogP contribution < -0.4 is 10.1 Å². The van der Waals surface area contributed by atoms with Crippen LogP contribution in [0.1, 0.15) is 35.9 Å². The van der Waals surface area contributed by atoms with Gasteiger partial charge in [0.1, 0.15) is 5.75 Å². The van der Waals surface area contributed by atoms with Gasteiger partial charge in [0.25, 0.3) is 5.91 Å². The number of hydrogen-bond donors (Lipinski definition) is 1. The minimum Gasteiger partial charge on any atom is -0.497 e. The molecule has 1 aromatic carbocycles. The van der Waals surface area contributed by atoms with Crippen LogP contribution in [0, 0.1) is 5.92 Å². The molecule has 1 amide bonds. The zero-order chi connectivity index (χ0) is 20.2. The summed E-state index contributed by atoms with van der Waals surface area (Å²) in [5.74, 6) is 1.25. The number of thiazole rings is 1. The molecule has 0 saturated carbocycles. The normalized spacial score (nSPS) is 17.2. The van der Waals surface area contributed by atoms with Gasteiger partial charge in [-0.25, -0.2) is 9.67 Å². The number of anilines is 1. The highest BCUT2D eigenvalue weighted by Crippen LogP contribution is 2.21. The Hall–Kier alpha value is -2.71. The number of likely N-dealkylation sites (tertiary alicyclic amines) is 1. The quantitative estimate of drug-likeness (QED) is 0.668. The van der Waals surface area contributed by atoms with Crippen LogP contribution in [0.25, 0.3) is 5.69 Å². The van der Waals surface area contributed by atoms with Crippen molar-refractivity contribution in [3.05, 3.63) is 53.3 Å². The van der Waals surface area contributed by atoms with E-state index in [1.165, 1.54) is 24.2 Å². The topological polar surface area (TPSA) is 72.3 Å². The second kappa shape index (κ2) is 8.75. The van der Waals surface area contributed by atoms with Crippen molar-refractivity contribution in [3.63, 3.8) is 0 Å². The average molecular weight is 412 g/mol. The number of methoxy groups -OCH3 is 1. The number of aromatic nitrogens is 3. The van der Waals surface area contributed by atoms with Gasteiger partial charge >= 0.3 is 0 Å². The van der Waals surface area contributed by atoms with Gasteiger partial charge in [0, 0.05) is 24.7 Å². The van der Waals surface area contributed by atoms with E-state index < -0.39 is 0 Å². The predicted octanol–water partition coefficient (Wildman–Crippen LogP) is 3.82. The molecule has 152 valence electrons. The van der Waals surface area contributed by atoms with Crippen LogP contribution in [0.15, 0.2) is 41.9 Å². The SMILES string of the molecule is COc1ccc(-n2ccc(C(=O)Nc3nc(CN4CCCC(C)C4)cs3)n2)cc1. The lowest BCUT2D eigenvalue weighted by atomic mass is 10.0. The van der Waals surface area contributed by atoms with Crippen molar-refractivity contribution in [2.24, 2.45) is 5.92 Å². The Morgan fingerprint density at radius 2 is 2.14 bits per heavy atom. The summed E-state index contributed by atoms with van der Waals surface area (Å²) in [7, 11) is 1.63. The fourth-order valence-corrected chi connectivity index (χ4v) is 4.28. The summed E-state index contributed by atoms with van der Waals surface area (Å²) >= 11 is 1.45. The Balaban J connectivity index is 1.37. The van der Waals surface area contributed by atoms with Crippen LogP contribution in [0.3, 0.4) is 0 Å². The van der Waals surface area contributed by atoms with E-state index in [0.29, 0.717) is 10.8 Å². The molecule has 1 atom stereocenters. The number of amides is 1. The Kier molecular flexibility index (Phi) is 5.92. The average Bonchev–Trinajstić information content (AvgIpc) is 3.38. The van der Waals surface area contributed by atoms with Crippen LogP contribution in [-0.2, 0) is 6.54 Å². The second-order valence-corrected chi connectivity index (χ2v) is 8.28. The van der Waals surface area contributed by atoms with Gasteiger partial charge in [-0.15, -0.1) is 11.3 Å². The molecule has 0 aliphatic carbocycles. The molecule has 29 heavy (non-hydrogen) atoms. The molecule has 1 unspecified atom stereocenters. The van der Waals surface area contributed by atoms with Crippen LogP contribution in [-0.4, -0.2) is 45.8 Å². The Morgan fingerprint density at radius 1 is 1.31 bits per heavy atom. The lowest BCUT2D eigenvalue weighted by Gasteiger charge is -2.30. The first kappa shape index (κ1) is 19.6. The van der Waals surface area contributed by atoms with E-state index in [0.717, 1.165) is 42.7 Å². The highest BCUT2D eigenvalue weighted by molar-refractivity contribution is 7.13. The predicted molar refractivity (Wildman–Crippen MR) is 114 cm³/mol. The smallest absolute Gasteiger partial charge is 0.277 e. The van der Waals surface area contributed by atoms with Gasteiger partial charge in [-0.05, 0) is 55.6 Å². The standard InChI is InChI=1S/C21H25N5O2S/c1-15-4-3-10-25(12-15)13-16-14-29-21(22-16)23-20(27)19-9-11-26(24-19)17-5-7-18(28-2)8-6-17/h5-9,11,14-15H,3-4,10,12-13H2,1-2H3,(H,22,23,27). The first-order valence-electron chi connectivity index (χ1n) is 9.79. The van der Waals surface area contributed by atoms with E-state index in [1.807, 2.05) is 29.6 Å². The fraction of sp³-hybridized carbons (Fsp3) is 0.381. The van der Waals surface area contributed by atoms with Gasteiger partial charge in [-0.1, -0.05) is 6.92 Å². The molecule has 1 fully saturated rings. The second-order valence-electron chi connectivity index (χ2n) is 7.42. The van der Waals surface area contributed by atoms with Gasteiger partial charge in [0.15, 0.2) is 10.8 Å². The molecule has 8 heteroatoms. The Labute approximate surface area is 174 Å². The summed E-state index contributed by atoms with van der Waals surface area (Å²) in [6.45, 7) is 5.36. The van der Waals surface area contributed by atoms with Gasteiger partial charge in [-0.3, -0.25) is 15.0 Å². The third-order valence-electron chi connectivity index (χ3n) is 5.06. The number of benzene rings is 1. The molecule has 3 heterocycles. The van der Waals surface area contributed by atoms with E-state index in [-0.39, 0.29) is 5.91 Å². The molecular weight excluding hydrogens is 386 g/mol. The molecule has 2 aromatic heterocycles. The number of carbonyl (C=O) groups is 1. The maximum atomic E-state index is 12.6. The summed E-state index contributed by atoms with van der Waals surface area (Å²) < 4.78 is 6.83. The van der Waals surface area contributed by atoms with Crippen molar-refractivity contribution >= 4 is 22.4 Å². The minimum atomic E-state index is -0.259. The maximum absolute atomic E-state index is 12.6. The first-order chi connectivity index (χ1) is 14.1. The van der Waals surface area contributed by atoms with Crippen LogP contribution >= 0.6 is 11.3 Å². The van der Waals surface area contributed by atoms with E-state index >= 15 is 0 Å². The van der Waals surface area contributed by atoms with Gasteiger partial charge in [-0.2, -0.15) is 5.10 Å². The largest absolute Gasteiger partial charge is 0.497 e. The van der Waals surface area contributed by atoms with Crippen molar-refractivity contribution in [1.29, 1.82) is 0 Å². The number of carbonyl (C=O) groups excluding carboxylic acids is 1. The Bertz CT molecular complexity index is 966. The third kappa shape index (κ3) is 4.83. The van der Waals surface area contributed by atoms with Crippen molar-refractivity contribution in [3.8, 4) is 11.4 Å². The van der Waals surface area contributed by atoms with Crippen molar-refractivity contribution < 1.29 is 9.53 Å². The monoisotopic (exact) mass is 411 g/mol. The molecule has 0 radical (unpaired) electrons. The zero-order valence-electron chi connectivity index (χ0n) is 16.7. The zero-order valence-corrected chi connectivity index (χ0v) is 17.5. The molecule has 1 saturated heterocycles. The van der Waals surface area contributed by atoms with Crippen LogP contribution in [0.5, 0.6) is 5.75 Å². The molecule has 1 N–H and O–H groups in total. The van der Waals surface area contributed by atoms with E-state index in [4.69, 9.17) is 4.74 Å². The number of piperidine rings is 1. The summed E-state index contributed by atoms with van der Waals surface area (Å²) in [6.07, 6.45) is 4.31. The fourth-order valence-electron chi connectivity index (χ4n) is 3.58. The van der Waals surface area contributed by atoms with E-state index in [1.54, 1.807) is 24.1 Å². The lowest BCUT2D eigenvalue weighted by molar-refractivity contribution is 0.102. The molecular formula is C21H25N5O2S. The lowest BCUT2D eigenvalue weighted by Crippen LogP contribution is -2.33. The summed E-state index contributed by atoms with van der Waals surface area (Å²) in [6, 6.07) is 9.20. The van der Waals surface area contributed by atoms with Gasteiger partial charge < -0.3 is 4.74 Å². The molecule has 0 bridgehead atoms. The number of ether oxygens (including phenoxy) is 1. The van der Waals surface area contributed by atoms with Crippen molar-refractivity contribution in [1.82, 2.24) is 19.7 Å². The maximum Gasteiger partial charge on any atom is 0.277 e. The molecule has 0 spiro atoms. The number of hydrogen-bond acceptors (Lipinski definition) is 6. The molecule has 4 rings (SSSR count).